The van der Waals surface area contributed by atoms with Crippen LogP contribution >= 0.6 is 0 Å². The Morgan fingerprint density at radius 2 is 2.05 bits per heavy atom. The largest absolute Gasteiger partial charge is 0.396 e. The Morgan fingerprint density at radius 3 is 2.58 bits per heavy atom. The SMILES string of the molecule is O=C(NCC1(CO)CC1)Nc1cnc(C2CC2)nc1. The molecule has 0 aliphatic heterocycles. The number of aliphatic hydroxyl groups is 1. The molecule has 0 bridgehead atoms. The standard InChI is InChI=1S/C13H18N4O2/c18-8-13(3-4-13)7-16-12(19)17-10-5-14-11(15-6-10)9-1-2-9/h5-6,9,18H,1-4,7-8H2,(H2,16,17,19). The van der Waals surface area contributed by atoms with Gasteiger partial charge in [0.1, 0.15) is 5.82 Å². The first-order chi connectivity index (χ1) is 9.21. The lowest BCUT2D eigenvalue weighted by atomic mass is 10.1. The van der Waals surface area contributed by atoms with Crippen molar-refractivity contribution in [2.45, 2.75) is 31.6 Å². The van der Waals surface area contributed by atoms with Gasteiger partial charge in [-0.15, -0.1) is 0 Å². The molecular weight excluding hydrogens is 244 g/mol. The summed E-state index contributed by atoms with van der Waals surface area (Å²) in [5.41, 5.74) is 0.514. The number of amides is 2. The Labute approximate surface area is 111 Å². The minimum atomic E-state index is -0.275. The van der Waals surface area contributed by atoms with Gasteiger partial charge in [-0.05, 0) is 25.7 Å². The molecule has 0 unspecified atom stereocenters. The molecule has 3 N–H and O–H groups in total. The fraction of sp³-hybridized carbons (Fsp3) is 0.615. The Bertz CT molecular complexity index is 466. The van der Waals surface area contributed by atoms with Crippen LogP contribution in [0.25, 0.3) is 0 Å². The van der Waals surface area contributed by atoms with Crippen molar-refractivity contribution >= 4 is 11.7 Å². The van der Waals surface area contributed by atoms with Gasteiger partial charge in [0.15, 0.2) is 0 Å². The van der Waals surface area contributed by atoms with E-state index in [0.717, 1.165) is 31.5 Å². The molecule has 19 heavy (non-hydrogen) atoms. The molecule has 2 saturated carbocycles. The van der Waals surface area contributed by atoms with Crippen LogP contribution in [0.15, 0.2) is 12.4 Å². The van der Waals surface area contributed by atoms with Gasteiger partial charge in [-0.2, -0.15) is 0 Å². The third-order valence-corrected chi connectivity index (χ3v) is 3.79. The van der Waals surface area contributed by atoms with Crippen molar-refractivity contribution in [1.29, 1.82) is 0 Å². The van der Waals surface area contributed by atoms with E-state index in [1.54, 1.807) is 12.4 Å². The summed E-state index contributed by atoms with van der Waals surface area (Å²) in [6.07, 6.45) is 7.55. The maximum atomic E-state index is 11.7. The average Bonchev–Trinajstić information content (AvgIpc) is 3.31. The van der Waals surface area contributed by atoms with E-state index in [0.29, 0.717) is 18.2 Å². The molecule has 1 heterocycles. The summed E-state index contributed by atoms with van der Waals surface area (Å²) in [7, 11) is 0. The van der Waals surface area contributed by atoms with Crippen molar-refractivity contribution in [2.75, 3.05) is 18.5 Å². The normalized spacial score (nSPS) is 19.8. The monoisotopic (exact) mass is 262 g/mol. The van der Waals surface area contributed by atoms with E-state index in [4.69, 9.17) is 5.11 Å². The van der Waals surface area contributed by atoms with E-state index in [9.17, 15) is 4.79 Å². The number of nitrogens with zero attached hydrogens (tertiary/aromatic N) is 2. The van der Waals surface area contributed by atoms with Gasteiger partial charge in [0, 0.05) is 17.9 Å². The highest BCUT2D eigenvalue weighted by atomic mass is 16.3. The Hall–Kier alpha value is -1.69. The smallest absolute Gasteiger partial charge is 0.319 e. The first kappa shape index (κ1) is 12.3. The summed E-state index contributed by atoms with van der Waals surface area (Å²) in [5.74, 6) is 1.38. The molecule has 2 fully saturated rings. The zero-order valence-electron chi connectivity index (χ0n) is 10.7. The van der Waals surface area contributed by atoms with Gasteiger partial charge >= 0.3 is 6.03 Å². The average molecular weight is 262 g/mol. The van der Waals surface area contributed by atoms with E-state index in [-0.39, 0.29) is 18.1 Å². The first-order valence-electron chi connectivity index (χ1n) is 6.68. The second-order valence-electron chi connectivity index (χ2n) is 5.57. The molecule has 2 aliphatic carbocycles. The topological polar surface area (TPSA) is 87.1 Å². The van der Waals surface area contributed by atoms with Gasteiger partial charge in [0.25, 0.3) is 0 Å². The highest BCUT2D eigenvalue weighted by molar-refractivity contribution is 5.88. The molecule has 0 atom stereocenters. The molecule has 0 aromatic carbocycles. The number of carbonyl (C=O) groups is 1. The van der Waals surface area contributed by atoms with E-state index in [1.165, 1.54) is 0 Å². The lowest BCUT2D eigenvalue weighted by molar-refractivity contribution is 0.206. The van der Waals surface area contributed by atoms with Crippen molar-refractivity contribution in [2.24, 2.45) is 5.41 Å². The van der Waals surface area contributed by atoms with E-state index < -0.39 is 0 Å². The maximum Gasteiger partial charge on any atom is 0.319 e. The predicted octanol–water partition coefficient (Wildman–Crippen LogP) is 1.25. The predicted molar refractivity (Wildman–Crippen MR) is 69.8 cm³/mol. The van der Waals surface area contributed by atoms with Crippen molar-refractivity contribution < 1.29 is 9.90 Å². The van der Waals surface area contributed by atoms with Crippen LogP contribution in [0.2, 0.25) is 0 Å². The molecule has 6 nitrogen and oxygen atoms in total. The minimum absolute atomic E-state index is 0.0797. The third-order valence-electron chi connectivity index (χ3n) is 3.79. The highest BCUT2D eigenvalue weighted by Gasteiger charge is 2.42. The van der Waals surface area contributed by atoms with Gasteiger partial charge in [-0.1, -0.05) is 0 Å². The van der Waals surface area contributed by atoms with Crippen LogP contribution in [0.5, 0.6) is 0 Å². The van der Waals surface area contributed by atoms with Crippen LogP contribution in [-0.4, -0.2) is 34.3 Å². The Balaban J connectivity index is 1.48. The Morgan fingerprint density at radius 1 is 1.37 bits per heavy atom. The van der Waals surface area contributed by atoms with Crippen LogP contribution in [0.3, 0.4) is 0 Å². The molecule has 102 valence electrons. The molecule has 3 rings (SSSR count). The van der Waals surface area contributed by atoms with Crippen molar-refractivity contribution in [1.82, 2.24) is 15.3 Å². The lowest BCUT2D eigenvalue weighted by Crippen LogP contribution is -2.35. The van der Waals surface area contributed by atoms with Crippen LogP contribution < -0.4 is 10.6 Å². The first-order valence-corrected chi connectivity index (χ1v) is 6.68. The molecule has 2 amide bonds. The number of hydrogen-bond acceptors (Lipinski definition) is 4. The second-order valence-corrected chi connectivity index (χ2v) is 5.57. The van der Waals surface area contributed by atoms with Crippen LogP contribution in [0.1, 0.15) is 37.4 Å². The maximum absolute atomic E-state index is 11.7. The molecule has 0 saturated heterocycles. The molecule has 1 aromatic heterocycles. The summed E-state index contributed by atoms with van der Waals surface area (Å²) in [6.45, 7) is 0.642. The summed E-state index contributed by atoms with van der Waals surface area (Å²) < 4.78 is 0. The van der Waals surface area contributed by atoms with E-state index in [2.05, 4.69) is 20.6 Å². The van der Waals surface area contributed by atoms with Gasteiger partial charge in [-0.3, -0.25) is 0 Å². The molecule has 2 aliphatic rings. The van der Waals surface area contributed by atoms with E-state index >= 15 is 0 Å². The number of rotatable bonds is 5. The zero-order chi connectivity index (χ0) is 13.3. The third kappa shape index (κ3) is 3.01. The van der Waals surface area contributed by atoms with E-state index in [1.807, 2.05) is 0 Å². The summed E-state index contributed by atoms with van der Waals surface area (Å²) in [6, 6.07) is -0.275. The zero-order valence-corrected chi connectivity index (χ0v) is 10.7. The van der Waals surface area contributed by atoms with Crippen LogP contribution in [0.4, 0.5) is 10.5 Å². The fourth-order valence-electron chi connectivity index (χ4n) is 1.97. The molecule has 0 radical (unpaired) electrons. The lowest BCUT2D eigenvalue weighted by Gasteiger charge is -2.13. The number of hydrogen-bond donors (Lipinski definition) is 3. The van der Waals surface area contributed by atoms with Crippen molar-refractivity contribution in [3.8, 4) is 0 Å². The summed E-state index contributed by atoms with van der Waals surface area (Å²) >= 11 is 0. The number of anilines is 1. The van der Waals surface area contributed by atoms with Crippen LogP contribution in [-0.2, 0) is 0 Å². The summed E-state index contributed by atoms with van der Waals surface area (Å²) in [5, 5.41) is 14.6. The minimum Gasteiger partial charge on any atom is -0.396 e. The van der Waals surface area contributed by atoms with Crippen molar-refractivity contribution in [3.63, 3.8) is 0 Å². The number of carbonyl (C=O) groups excluding carboxylic acids is 1. The van der Waals surface area contributed by atoms with Gasteiger partial charge < -0.3 is 15.7 Å². The number of nitrogens with one attached hydrogen (secondary N) is 2. The van der Waals surface area contributed by atoms with Crippen molar-refractivity contribution in [3.05, 3.63) is 18.2 Å². The van der Waals surface area contributed by atoms with Gasteiger partial charge in [-0.25, -0.2) is 14.8 Å². The fourth-order valence-corrected chi connectivity index (χ4v) is 1.97. The molecule has 0 spiro atoms. The summed E-state index contributed by atoms with van der Waals surface area (Å²) in [4.78, 5) is 20.1. The quantitative estimate of drug-likeness (QED) is 0.745. The molecular formula is C13H18N4O2. The number of urea groups is 1. The Kier molecular flexibility index (Phi) is 3.10. The van der Waals surface area contributed by atoms with Crippen LogP contribution in [0, 0.1) is 5.41 Å². The number of aromatic nitrogens is 2. The second kappa shape index (κ2) is 4.77. The number of aliphatic hydroxyl groups excluding tert-OH is 1. The molecule has 6 heteroatoms. The molecule has 1 aromatic rings. The highest BCUT2D eigenvalue weighted by Crippen LogP contribution is 2.44. The van der Waals surface area contributed by atoms with Gasteiger partial charge in [0.05, 0.1) is 24.7 Å². The van der Waals surface area contributed by atoms with Gasteiger partial charge in [0.2, 0.25) is 0 Å².